The third-order valence-electron chi connectivity index (χ3n) is 9.98. The summed E-state index contributed by atoms with van der Waals surface area (Å²) in [5.74, 6) is 0.854. The van der Waals surface area contributed by atoms with E-state index in [1.807, 2.05) is 24.3 Å². The van der Waals surface area contributed by atoms with Crippen molar-refractivity contribution in [2.45, 2.75) is 12.3 Å². The van der Waals surface area contributed by atoms with Gasteiger partial charge in [-0.3, -0.25) is 5.32 Å². The molecule has 54 heavy (non-hydrogen) atoms. The number of rotatable bonds is 8. The van der Waals surface area contributed by atoms with Crippen LogP contribution in [0.1, 0.15) is 29.0 Å². The van der Waals surface area contributed by atoms with Crippen LogP contribution in [-0.4, -0.2) is 10.8 Å². The fourth-order valence-electron chi connectivity index (χ4n) is 7.20. The van der Waals surface area contributed by atoms with E-state index in [1.165, 1.54) is 11.1 Å². The molecule has 1 aliphatic rings. The minimum absolute atomic E-state index is 0.103. The predicted octanol–water partition coefficient (Wildman–Crippen LogP) is 11.8. The highest BCUT2D eigenvalue weighted by atomic mass is 15.3. The molecule has 9 rings (SSSR count). The lowest BCUT2D eigenvalue weighted by Gasteiger charge is -2.32. The van der Waals surface area contributed by atoms with Crippen LogP contribution in [-0.2, 0) is 0 Å². The van der Waals surface area contributed by atoms with E-state index in [4.69, 9.17) is 9.98 Å². The zero-order valence-electron chi connectivity index (χ0n) is 29.7. The van der Waals surface area contributed by atoms with Gasteiger partial charge in [-0.25, -0.2) is 9.98 Å². The maximum atomic E-state index is 5.22. The molecule has 2 unspecified atom stereocenters. The Morgan fingerprint density at radius 2 is 0.815 bits per heavy atom. The minimum atomic E-state index is -0.197. The van der Waals surface area contributed by atoms with Crippen molar-refractivity contribution >= 4 is 5.84 Å². The highest BCUT2D eigenvalue weighted by Gasteiger charge is 2.25. The van der Waals surface area contributed by atoms with Gasteiger partial charge in [0.05, 0.1) is 11.4 Å². The average molecular weight is 695 g/mol. The van der Waals surface area contributed by atoms with Gasteiger partial charge >= 0.3 is 0 Å². The first-order valence-corrected chi connectivity index (χ1v) is 18.4. The van der Waals surface area contributed by atoms with E-state index in [-0.39, 0.29) is 12.3 Å². The van der Waals surface area contributed by atoms with Gasteiger partial charge < -0.3 is 5.32 Å². The van der Waals surface area contributed by atoms with E-state index >= 15 is 0 Å². The lowest BCUT2D eigenvalue weighted by atomic mass is 9.92. The average Bonchev–Trinajstić information content (AvgIpc) is 3.27. The van der Waals surface area contributed by atoms with Gasteiger partial charge in [0, 0.05) is 16.7 Å². The van der Waals surface area contributed by atoms with Crippen LogP contribution >= 0.6 is 0 Å². The normalized spacial score (nSPS) is 15.2. The summed E-state index contributed by atoms with van der Waals surface area (Å²) in [6, 6.07) is 72.4. The second-order valence-electron chi connectivity index (χ2n) is 13.5. The third-order valence-corrected chi connectivity index (χ3v) is 9.98. The number of nitrogens with one attached hydrogen (secondary N) is 2. The van der Waals surface area contributed by atoms with Crippen molar-refractivity contribution in [3.63, 3.8) is 0 Å². The molecule has 2 N–H and O–H groups in total. The first-order chi connectivity index (χ1) is 26.7. The highest BCUT2D eigenvalue weighted by molar-refractivity contribution is 6.01. The Morgan fingerprint density at radius 1 is 0.352 bits per heavy atom. The van der Waals surface area contributed by atoms with Crippen LogP contribution in [0.3, 0.4) is 0 Å². The smallest absolute Gasteiger partial charge is 0.131 e. The van der Waals surface area contributed by atoms with Crippen molar-refractivity contribution in [3.8, 4) is 55.9 Å². The van der Waals surface area contributed by atoms with Gasteiger partial charge in [-0.05, 0) is 62.7 Å². The van der Waals surface area contributed by atoms with Crippen LogP contribution in [0.15, 0.2) is 211 Å². The summed E-state index contributed by atoms with van der Waals surface area (Å²) < 4.78 is 0. The molecule has 0 amide bonds. The molecule has 1 aromatic heterocycles. The van der Waals surface area contributed by atoms with Gasteiger partial charge in [0.25, 0.3) is 0 Å². The van der Waals surface area contributed by atoms with E-state index in [0.717, 1.165) is 67.3 Å². The van der Waals surface area contributed by atoms with Gasteiger partial charge in [0.15, 0.2) is 0 Å². The fraction of sp³-hybridized carbons (Fsp3) is 0.0400. The number of hydrogen-bond acceptors (Lipinski definition) is 4. The molecule has 8 aromatic rings. The zero-order chi connectivity index (χ0) is 36.1. The lowest BCUT2D eigenvalue weighted by molar-refractivity contribution is 0.409. The Kier molecular flexibility index (Phi) is 9.16. The van der Waals surface area contributed by atoms with E-state index < -0.39 is 0 Å². The Hall–Kier alpha value is -6.88. The molecule has 0 saturated carbocycles. The quantitative estimate of drug-likeness (QED) is 0.166. The van der Waals surface area contributed by atoms with Gasteiger partial charge in [-0.1, -0.05) is 188 Å². The van der Waals surface area contributed by atoms with Crippen molar-refractivity contribution in [1.29, 1.82) is 0 Å². The molecule has 1 aliphatic heterocycles. The summed E-state index contributed by atoms with van der Waals surface area (Å²) in [7, 11) is 0. The molecule has 2 heterocycles. The molecular weight excluding hydrogens is 657 g/mol. The van der Waals surface area contributed by atoms with E-state index in [9.17, 15) is 0 Å². The number of amidine groups is 1. The van der Waals surface area contributed by atoms with Crippen molar-refractivity contribution < 1.29 is 0 Å². The first kappa shape index (κ1) is 33.0. The molecule has 0 bridgehead atoms. The maximum Gasteiger partial charge on any atom is 0.131 e. The van der Waals surface area contributed by atoms with E-state index in [2.05, 4.69) is 193 Å². The molecular formula is C50H38N4. The number of aromatic nitrogens is 1. The summed E-state index contributed by atoms with van der Waals surface area (Å²) in [5, 5.41) is 7.41. The van der Waals surface area contributed by atoms with Crippen LogP contribution in [0.2, 0.25) is 0 Å². The van der Waals surface area contributed by atoms with Gasteiger partial charge in [-0.2, -0.15) is 0 Å². The monoisotopic (exact) mass is 694 g/mol. The number of benzene rings is 7. The van der Waals surface area contributed by atoms with Crippen LogP contribution in [0, 0.1) is 0 Å². The summed E-state index contributed by atoms with van der Waals surface area (Å²) in [6.07, 6.45) is -0.301. The number of nitrogens with zero attached hydrogens (tertiary/aromatic N) is 2. The second kappa shape index (κ2) is 15.0. The number of aliphatic imine (C=N–C) groups is 1. The van der Waals surface area contributed by atoms with Crippen molar-refractivity contribution in [1.82, 2.24) is 15.6 Å². The van der Waals surface area contributed by atoms with Crippen LogP contribution in [0.25, 0.3) is 55.9 Å². The molecule has 0 fully saturated rings. The minimum Gasteiger partial charge on any atom is -0.350 e. The van der Waals surface area contributed by atoms with E-state index in [1.54, 1.807) is 0 Å². The molecule has 2 atom stereocenters. The first-order valence-electron chi connectivity index (χ1n) is 18.4. The summed E-state index contributed by atoms with van der Waals surface area (Å²) in [5.41, 5.74) is 14.2. The summed E-state index contributed by atoms with van der Waals surface area (Å²) in [4.78, 5) is 10.4. The molecule has 4 nitrogen and oxygen atoms in total. The zero-order valence-corrected chi connectivity index (χ0v) is 29.7. The van der Waals surface area contributed by atoms with Crippen molar-refractivity contribution in [2.24, 2.45) is 4.99 Å². The molecule has 0 radical (unpaired) electrons. The SMILES string of the molecule is c1ccc(-c2ccc(-c3cc(-c4ccccc4-c4cccc(C5=NC(c6ccccc6)NC(c6ccccc6)N5)c4)cc(-c4ccccc4)n3)cc2)cc1. The molecule has 7 aromatic carbocycles. The predicted molar refractivity (Wildman–Crippen MR) is 223 cm³/mol. The molecule has 258 valence electrons. The molecule has 0 spiro atoms. The number of pyridine rings is 1. The fourth-order valence-corrected chi connectivity index (χ4v) is 7.20. The second-order valence-corrected chi connectivity index (χ2v) is 13.5. The largest absolute Gasteiger partial charge is 0.350 e. The standard InChI is InChI=1S/C50H38N4/c1-5-16-35(17-6-1)36-28-30-38(31-29-36)47-34-43(33-46(51-47)37-18-7-2-8-19-37)45-27-14-13-26-44(45)41-24-15-25-42(32-41)50-53-48(39-20-9-3-10-21-39)52-49(54-50)40-22-11-4-12-23-40/h1-34,48-49,52H,(H,53,54). The topological polar surface area (TPSA) is 49.3 Å². The van der Waals surface area contributed by atoms with Crippen molar-refractivity contribution in [2.75, 3.05) is 0 Å². The maximum absolute atomic E-state index is 5.22. The highest BCUT2D eigenvalue weighted by Crippen LogP contribution is 2.37. The Morgan fingerprint density at radius 3 is 1.46 bits per heavy atom. The Bertz CT molecular complexity index is 2530. The number of hydrogen-bond donors (Lipinski definition) is 2. The molecule has 0 aliphatic carbocycles. The summed E-state index contributed by atoms with van der Waals surface area (Å²) in [6.45, 7) is 0. The summed E-state index contributed by atoms with van der Waals surface area (Å²) >= 11 is 0. The molecule has 4 heteroatoms. The van der Waals surface area contributed by atoms with Gasteiger partial charge in [-0.15, -0.1) is 0 Å². The van der Waals surface area contributed by atoms with Gasteiger partial charge in [0.1, 0.15) is 18.2 Å². The lowest BCUT2D eigenvalue weighted by Crippen LogP contribution is -2.44. The van der Waals surface area contributed by atoms with Crippen LogP contribution in [0.4, 0.5) is 0 Å². The van der Waals surface area contributed by atoms with Gasteiger partial charge in [0.2, 0.25) is 0 Å². The van der Waals surface area contributed by atoms with Crippen LogP contribution in [0.5, 0.6) is 0 Å². The van der Waals surface area contributed by atoms with Crippen molar-refractivity contribution in [3.05, 3.63) is 223 Å². The Balaban J connectivity index is 1.12. The molecule has 0 saturated heterocycles. The third kappa shape index (κ3) is 6.99. The van der Waals surface area contributed by atoms with E-state index in [0.29, 0.717) is 0 Å². The Labute approximate surface area is 316 Å². The van der Waals surface area contributed by atoms with Crippen LogP contribution < -0.4 is 10.6 Å².